The summed E-state index contributed by atoms with van der Waals surface area (Å²) in [5.74, 6) is 0.449. The van der Waals surface area contributed by atoms with Crippen molar-refractivity contribution in [1.82, 2.24) is 4.57 Å². The Morgan fingerprint density at radius 3 is 2.52 bits per heavy atom. The van der Waals surface area contributed by atoms with E-state index in [9.17, 15) is 9.50 Å². The van der Waals surface area contributed by atoms with Crippen molar-refractivity contribution in [1.29, 1.82) is 0 Å². The number of nitrogens with zero attached hydrogens (tertiary/aromatic N) is 1. The van der Waals surface area contributed by atoms with E-state index in [1.165, 1.54) is 12.1 Å². The molecule has 0 fully saturated rings. The maximum Gasteiger partial charge on any atom is 0.129 e. The zero-order chi connectivity index (χ0) is 15.0. The third-order valence-corrected chi connectivity index (χ3v) is 3.67. The summed E-state index contributed by atoms with van der Waals surface area (Å²) < 4.78 is 20.6. The minimum Gasteiger partial charge on any atom is -0.496 e. The van der Waals surface area contributed by atoms with Gasteiger partial charge in [0.05, 0.1) is 19.2 Å². The van der Waals surface area contributed by atoms with Gasteiger partial charge in [0, 0.05) is 24.2 Å². The first kappa shape index (κ1) is 13.6. The third kappa shape index (κ3) is 2.28. The van der Waals surface area contributed by atoms with Crippen LogP contribution in [0, 0.1) is 5.82 Å². The topological polar surface area (TPSA) is 34.4 Å². The Hall–Kier alpha value is -2.33. The number of hydrogen-bond donors (Lipinski definition) is 1. The first-order valence-electron chi connectivity index (χ1n) is 6.66. The molecular weight excluding hydrogens is 269 g/mol. The number of halogens is 1. The van der Waals surface area contributed by atoms with Crippen molar-refractivity contribution < 1.29 is 14.2 Å². The summed E-state index contributed by atoms with van der Waals surface area (Å²) >= 11 is 0. The van der Waals surface area contributed by atoms with Crippen LogP contribution in [0.15, 0.2) is 42.6 Å². The van der Waals surface area contributed by atoms with Crippen molar-refractivity contribution in [2.75, 3.05) is 7.11 Å². The number of aryl methyl sites for hydroxylation is 1. The predicted octanol–water partition coefficient (Wildman–Crippen LogP) is 3.49. The Morgan fingerprint density at radius 2 is 1.90 bits per heavy atom. The van der Waals surface area contributed by atoms with Crippen LogP contribution < -0.4 is 4.74 Å². The van der Waals surface area contributed by atoms with Crippen molar-refractivity contribution in [3.05, 3.63) is 54.0 Å². The Morgan fingerprint density at radius 1 is 1.19 bits per heavy atom. The average molecular weight is 285 g/mol. The van der Waals surface area contributed by atoms with E-state index >= 15 is 0 Å². The second kappa shape index (κ2) is 5.22. The van der Waals surface area contributed by atoms with Crippen LogP contribution in [0.2, 0.25) is 0 Å². The predicted molar refractivity (Wildman–Crippen MR) is 80.8 cm³/mol. The van der Waals surface area contributed by atoms with Gasteiger partial charge in [-0.25, -0.2) is 4.39 Å². The SMILES string of the molecule is COc1cc(CO)cc2c1c(-c1ccc(F)cc1)cn2C. The highest BCUT2D eigenvalue weighted by molar-refractivity contribution is 6.00. The molecule has 3 rings (SSSR count). The molecule has 0 amide bonds. The van der Waals surface area contributed by atoms with E-state index < -0.39 is 0 Å². The molecule has 2 aromatic carbocycles. The van der Waals surface area contributed by atoms with Gasteiger partial charge >= 0.3 is 0 Å². The van der Waals surface area contributed by atoms with Crippen LogP contribution in [-0.4, -0.2) is 16.8 Å². The van der Waals surface area contributed by atoms with E-state index in [2.05, 4.69) is 0 Å². The summed E-state index contributed by atoms with van der Waals surface area (Å²) in [5.41, 5.74) is 3.68. The van der Waals surface area contributed by atoms with Gasteiger partial charge in [0.2, 0.25) is 0 Å². The number of methoxy groups -OCH3 is 1. The highest BCUT2D eigenvalue weighted by atomic mass is 19.1. The fourth-order valence-electron chi connectivity index (χ4n) is 2.63. The lowest BCUT2D eigenvalue weighted by Gasteiger charge is -2.08. The fraction of sp³-hybridized carbons (Fsp3) is 0.176. The third-order valence-electron chi connectivity index (χ3n) is 3.67. The molecule has 0 aliphatic heterocycles. The van der Waals surface area contributed by atoms with Gasteiger partial charge in [0.15, 0.2) is 0 Å². The zero-order valence-electron chi connectivity index (χ0n) is 11.9. The molecule has 0 saturated heterocycles. The van der Waals surface area contributed by atoms with Crippen molar-refractivity contribution >= 4 is 10.9 Å². The molecule has 0 unspecified atom stereocenters. The lowest BCUT2D eigenvalue weighted by atomic mass is 10.0. The molecule has 0 aliphatic rings. The highest BCUT2D eigenvalue weighted by Crippen LogP contribution is 2.37. The lowest BCUT2D eigenvalue weighted by molar-refractivity contribution is 0.281. The van der Waals surface area contributed by atoms with Gasteiger partial charge in [-0.2, -0.15) is 0 Å². The summed E-state index contributed by atoms with van der Waals surface area (Å²) in [6.45, 7) is -0.0383. The molecule has 0 spiro atoms. The van der Waals surface area contributed by atoms with Gasteiger partial charge in [-0.15, -0.1) is 0 Å². The average Bonchev–Trinajstić information content (AvgIpc) is 2.84. The van der Waals surface area contributed by atoms with Crippen molar-refractivity contribution in [2.24, 2.45) is 7.05 Å². The van der Waals surface area contributed by atoms with Crippen LogP contribution in [0.4, 0.5) is 4.39 Å². The van der Waals surface area contributed by atoms with Gasteiger partial charge in [0.1, 0.15) is 11.6 Å². The molecule has 1 heterocycles. The molecule has 21 heavy (non-hydrogen) atoms. The number of hydrogen-bond acceptors (Lipinski definition) is 2. The van der Waals surface area contributed by atoms with Crippen LogP contribution >= 0.6 is 0 Å². The smallest absolute Gasteiger partial charge is 0.129 e. The lowest BCUT2D eigenvalue weighted by Crippen LogP contribution is -1.91. The van der Waals surface area contributed by atoms with E-state index in [1.54, 1.807) is 19.2 Å². The van der Waals surface area contributed by atoms with E-state index in [-0.39, 0.29) is 12.4 Å². The summed E-state index contributed by atoms with van der Waals surface area (Å²) in [5, 5.41) is 10.3. The minimum absolute atomic E-state index is 0.0383. The van der Waals surface area contributed by atoms with Gasteiger partial charge in [-0.05, 0) is 35.4 Å². The first-order valence-corrected chi connectivity index (χ1v) is 6.66. The molecule has 0 bridgehead atoms. The quantitative estimate of drug-likeness (QED) is 0.799. The number of rotatable bonds is 3. The van der Waals surface area contributed by atoms with Gasteiger partial charge in [-0.3, -0.25) is 0 Å². The Kier molecular flexibility index (Phi) is 3.39. The number of aromatic nitrogens is 1. The monoisotopic (exact) mass is 285 g/mol. The Balaban J connectivity index is 2.31. The second-order valence-corrected chi connectivity index (χ2v) is 5.01. The van der Waals surface area contributed by atoms with Gasteiger partial charge in [-0.1, -0.05) is 12.1 Å². The zero-order valence-corrected chi connectivity index (χ0v) is 11.9. The number of aliphatic hydroxyl groups is 1. The largest absolute Gasteiger partial charge is 0.496 e. The van der Waals surface area contributed by atoms with E-state index in [0.29, 0.717) is 5.75 Å². The normalized spacial score (nSPS) is 11.0. The molecule has 0 saturated carbocycles. The summed E-state index contributed by atoms with van der Waals surface area (Å²) in [6, 6.07) is 10.2. The molecule has 0 atom stereocenters. The number of aliphatic hydroxyl groups excluding tert-OH is 1. The molecule has 1 aromatic heterocycles. The van der Waals surface area contributed by atoms with E-state index in [1.807, 2.05) is 29.9 Å². The highest BCUT2D eigenvalue weighted by Gasteiger charge is 2.14. The first-order chi connectivity index (χ1) is 10.1. The Labute approximate surface area is 122 Å². The van der Waals surface area contributed by atoms with Gasteiger partial charge < -0.3 is 14.4 Å². The summed E-state index contributed by atoms with van der Waals surface area (Å²) in [4.78, 5) is 0. The molecule has 108 valence electrons. The van der Waals surface area contributed by atoms with Crippen molar-refractivity contribution in [3.8, 4) is 16.9 Å². The van der Waals surface area contributed by atoms with Crippen LogP contribution in [0.3, 0.4) is 0 Å². The standard InChI is InChI=1S/C17H16FNO2/c1-19-9-14(12-3-5-13(18)6-4-12)17-15(19)7-11(10-20)8-16(17)21-2/h3-9,20H,10H2,1-2H3. The minimum atomic E-state index is -0.256. The van der Waals surface area contributed by atoms with Crippen LogP contribution in [0.25, 0.3) is 22.0 Å². The molecular formula is C17H16FNO2. The number of benzene rings is 2. The van der Waals surface area contributed by atoms with Crippen LogP contribution in [-0.2, 0) is 13.7 Å². The molecule has 4 heteroatoms. The molecule has 3 nitrogen and oxygen atoms in total. The molecule has 3 aromatic rings. The van der Waals surface area contributed by atoms with Gasteiger partial charge in [0.25, 0.3) is 0 Å². The molecule has 1 N–H and O–H groups in total. The maximum atomic E-state index is 13.1. The second-order valence-electron chi connectivity index (χ2n) is 5.01. The number of ether oxygens (including phenoxy) is 1. The molecule has 0 aliphatic carbocycles. The Bertz CT molecular complexity index is 791. The van der Waals surface area contributed by atoms with Crippen LogP contribution in [0.5, 0.6) is 5.75 Å². The molecule has 0 radical (unpaired) electrons. The maximum absolute atomic E-state index is 13.1. The van der Waals surface area contributed by atoms with Crippen molar-refractivity contribution in [2.45, 2.75) is 6.61 Å². The van der Waals surface area contributed by atoms with Crippen molar-refractivity contribution in [3.63, 3.8) is 0 Å². The fourth-order valence-corrected chi connectivity index (χ4v) is 2.63. The van der Waals surface area contributed by atoms with Crippen LogP contribution in [0.1, 0.15) is 5.56 Å². The summed E-state index contributed by atoms with van der Waals surface area (Å²) in [7, 11) is 3.55. The summed E-state index contributed by atoms with van der Waals surface area (Å²) in [6.07, 6.45) is 1.99. The number of fused-ring (bicyclic) bond motifs is 1. The van der Waals surface area contributed by atoms with E-state index in [4.69, 9.17) is 4.74 Å². The van der Waals surface area contributed by atoms with E-state index in [0.717, 1.165) is 27.6 Å².